The summed E-state index contributed by atoms with van der Waals surface area (Å²) in [5.74, 6) is -0.790. The number of fused-ring (bicyclic) bond motifs is 1. The van der Waals surface area contributed by atoms with Crippen LogP contribution in [0.15, 0.2) is 109 Å². The summed E-state index contributed by atoms with van der Waals surface area (Å²) in [6.45, 7) is 11.8. The second-order valence-corrected chi connectivity index (χ2v) is 17.6. The topological polar surface area (TPSA) is 153 Å². The molecular weight excluding hydrogens is 992 g/mol. The van der Waals surface area contributed by atoms with E-state index < -0.39 is 23.4 Å². The molecule has 3 aromatic carbocycles. The minimum absolute atomic E-state index is 0.0172. The lowest BCUT2D eigenvalue weighted by atomic mass is 9.73. The first-order chi connectivity index (χ1) is 31.3. The van der Waals surface area contributed by atoms with Gasteiger partial charge in [-0.3, -0.25) is 14.0 Å². The van der Waals surface area contributed by atoms with E-state index in [9.17, 15) is 27.9 Å². The molecule has 0 aliphatic rings. The third kappa shape index (κ3) is 15.3. The molecule has 0 spiro atoms. The Bertz CT molecular complexity index is 2570. The van der Waals surface area contributed by atoms with Crippen LogP contribution in [0.2, 0.25) is 5.02 Å². The molecule has 1 unspecified atom stereocenters. The summed E-state index contributed by atoms with van der Waals surface area (Å²) in [6, 6.07) is 24.0. The molecule has 0 saturated carbocycles. The molecule has 0 fully saturated rings. The number of benzene rings is 3. The monoisotopic (exact) mass is 1050 g/mol. The molecule has 1 N–H and O–H groups in total. The maximum atomic E-state index is 12.7. The van der Waals surface area contributed by atoms with Crippen molar-refractivity contribution in [3.8, 4) is 11.9 Å². The number of aliphatic hydroxyl groups is 1. The molecule has 0 amide bonds. The fourth-order valence-corrected chi connectivity index (χ4v) is 6.95. The molecule has 6 rings (SSSR count). The number of alkyl halides is 3. The number of methoxy groups -OCH3 is 2. The van der Waals surface area contributed by atoms with Gasteiger partial charge >= 0.3 is 12.1 Å². The van der Waals surface area contributed by atoms with Gasteiger partial charge in [-0.1, -0.05) is 88.7 Å². The zero-order valence-electron chi connectivity index (χ0n) is 37.9. The van der Waals surface area contributed by atoms with Crippen LogP contribution in [0, 0.1) is 8.99 Å². The Morgan fingerprint density at radius 1 is 0.924 bits per heavy atom. The highest BCUT2D eigenvalue weighted by atomic mass is 127. The van der Waals surface area contributed by atoms with Crippen molar-refractivity contribution in [2.45, 2.75) is 91.8 Å². The predicted octanol–water partition coefficient (Wildman–Crippen LogP) is 10.4. The predicted molar refractivity (Wildman–Crippen MR) is 256 cm³/mol. The van der Waals surface area contributed by atoms with E-state index in [0.717, 1.165) is 33.9 Å². The Morgan fingerprint density at radius 3 is 2.27 bits per heavy atom. The standard InChI is InChI=1S/C18H16F3NO4.C16H22ClN3O.C14H17IN2O2/c1-24-11-14(17(23)25-2)13-7-4-3-6-12(13)10-26-16-9-5-8-15(22-16)18(19,20)21;1-15(2,3)16(21,10-20-12-18-11-19-20)9-8-13-4-6-14(17)7-5-13;1-3-7-17-13(18)11-9-10(15)5-6-12(11)16-14(17)19-8-4-2/h3-9,11H,10H2,1-2H3;4-7,11-12,21H,8-10H2,1-3H3;5-6,9H,3-4,7-8H2,1-2H3/b14-11+;;. The van der Waals surface area contributed by atoms with E-state index in [1.165, 1.54) is 44.5 Å². The van der Waals surface area contributed by atoms with Crippen molar-refractivity contribution in [3.63, 3.8) is 0 Å². The summed E-state index contributed by atoms with van der Waals surface area (Å²) in [6.07, 6.45) is 3.01. The van der Waals surface area contributed by atoms with Crippen molar-refractivity contribution < 1.29 is 42.0 Å². The van der Waals surface area contributed by atoms with E-state index in [4.69, 9.17) is 30.5 Å². The SMILES string of the molecule is CC(C)(C)C(O)(CCc1ccc(Cl)cc1)Cn1cncn1.CCCOc1nc2ccc(I)cc2c(=O)n1CCC.CO/C=C(/C(=O)OC)c1ccccc1COc1cccc(C(F)(F)F)n1. The van der Waals surface area contributed by atoms with Crippen LogP contribution in [0.5, 0.6) is 11.9 Å². The van der Waals surface area contributed by atoms with Gasteiger partial charge in [0.05, 0.1) is 50.1 Å². The lowest BCUT2D eigenvalue weighted by Gasteiger charge is -2.40. The molecule has 354 valence electrons. The number of nitrogens with zero attached hydrogens (tertiary/aromatic N) is 6. The van der Waals surface area contributed by atoms with Crippen LogP contribution < -0.4 is 15.0 Å². The number of hydrogen-bond acceptors (Lipinski definition) is 11. The highest BCUT2D eigenvalue weighted by Crippen LogP contribution is 2.36. The number of ether oxygens (including phenoxy) is 4. The van der Waals surface area contributed by atoms with E-state index in [0.29, 0.717) is 54.2 Å². The van der Waals surface area contributed by atoms with E-state index in [2.05, 4.69) is 42.6 Å². The largest absolute Gasteiger partial charge is 0.503 e. The van der Waals surface area contributed by atoms with Crippen LogP contribution >= 0.6 is 34.2 Å². The molecule has 0 aliphatic carbocycles. The molecule has 6 aromatic rings. The molecule has 13 nitrogen and oxygen atoms in total. The Morgan fingerprint density at radius 2 is 1.65 bits per heavy atom. The van der Waals surface area contributed by atoms with Crippen LogP contribution in [-0.4, -0.2) is 66.8 Å². The molecule has 3 aromatic heterocycles. The van der Waals surface area contributed by atoms with Gasteiger partial charge in [-0.25, -0.2) is 14.8 Å². The first-order valence-corrected chi connectivity index (χ1v) is 22.5. The second kappa shape index (κ2) is 24.8. The van der Waals surface area contributed by atoms with Gasteiger partial charge in [0.15, 0.2) is 0 Å². The summed E-state index contributed by atoms with van der Waals surface area (Å²) in [5.41, 5.74) is 0.879. The average molecular weight is 1050 g/mol. The molecule has 66 heavy (non-hydrogen) atoms. The number of carbonyl (C=O) groups excluding carboxylic acids is 1. The highest BCUT2D eigenvalue weighted by Gasteiger charge is 2.40. The second-order valence-electron chi connectivity index (χ2n) is 15.9. The number of carbonyl (C=O) groups is 1. The van der Waals surface area contributed by atoms with Gasteiger partial charge in [-0.2, -0.15) is 23.3 Å². The normalized spacial score (nSPS) is 12.5. The Balaban J connectivity index is 0.000000219. The summed E-state index contributed by atoms with van der Waals surface area (Å²) in [5, 5.41) is 16.6. The molecule has 0 aliphatic heterocycles. The molecular formula is C48H55ClF3IN6O7. The number of halogens is 5. The van der Waals surface area contributed by atoms with Crippen molar-refractivity contribution in [2.75, 3.05) is 20.8 Å². The molecule has 0 saturated heterocycles. The van der Waals surface area contributed by atoms with Gasteiger partial charge in [0.1, 0.15) is 30.5 Å². The summed E-state index contributed by atoms with van der Waals surface area (Å²) in [4.78, 5) is 36.3. The number of esters is 1. The minimum atomic E-state index is -4.56. The van der Waals surface area contributed by atoms with E-state index in [1.807, 2.05) is 77.1 Å². The Kier molecular flexibility index (Phi) is 20.0. The highest BCUT2D eigenvalue weighted by molar-refractivity contribution is 14.1. The van der Waals surface area contributed by atoms with Gasteiger partial charge < -0.3 is 24.1 Å². The van der Waals surface area contributed by atoms with Gasteiger partial charge in [-0.05, 0) is 107 Å². The van der Waals surface area contributed by atoms with Crippen molar-refractivity contribution in [3.05, 3.63) is 145 Å². The summed E-state index contributed by atoms with van der Waals surface area (Å²) in [7, 11) is 2.62. The zero-order valence-corrected chi connectivity index (χ0v) is 40.9. The lowest BCUT2D eigenvalue weighted by molar-refractivity contribution is -0.141. The fraction of sp³-hybridized carbons (Fsp3) is 0.375. The van der Waals surface area contributed by atoms with E-state index in [1.54, 1.807) is 39.8 Å². The van der Waals surface area contributed by atoms with Crippen LogP contribution in [0.3, 0.4) is 0 Å². The molecule has 1 atom stereocenters. The van der Waals surface area contributed by atoms with Gasteiger partial charge in [0.2, 0.25) is 5.88 Å². The lowest BCUT2D eigenvalue weighted by Crippen LogP contribution is -2.47. The number of aromatic nitrogens is 6. The van der Waals surface area contributed by atoms with Crippen molar-refractivity contribution in [1.29, 1.82) is 0 Å². The number of aryl methyl sites for hydroxylation is 1. The third-order valence-electron chi connectivity index (χ3n) is 10.1. The smallest absolute Gasteiger partial charge is 0.433 e. The molecule has 0 bridgehead atoms. The van der Waals surface area contributed by atoms with Gasteiger partial charge in [0, 0.05) is 21.2 Å². The summed E-state index contributed by atoms with van der Waals surface area (Å²) < 4.78 is 63.1. The van der Waals surface area contributed by atoms with Crippen molar-refractivity contribution in [1.82, 2.24) is 29.3 Å². The van der Waals surface area contributed by atoms with E-state index >= 15 is 0 Å². The zero-order chi connectivity index (χ0) is 48.5. The molecule has 18 heteroatoms. The minimum Gasteiger partial charge on any atom is -0.503 e. The molecule has 0 radical (unpaired) electrons. The average Bonchev–Trinajstić information content (AvgIpc) is 3.80. The first-order valence-electron chi connectivity index (χ1n) is 21.0. The first kappa shape index (κ1) is 53.1. The van der Waals surface area contributed by atoms with Crippen molar-refractivity contribution >= 4 is 56.6 Å². The maximum Gasteiger partial charge on any atom is 0.433 e. The van der Waals surface area contributed by atoms with Gasteiger partial charge in [-0.15, -0.1) is 0 Å². The van der Waals surface area contributed by atoms with Crippen LogP contribution in [0.25, 0.3) is 16.5 Å². The number of hydrogen-bond donors (Lipinski definition) is 1. The Labute approximate surface area is 401 Å². The number of pyridine rings is 1. The maximum absolute atomic E-state index is 12.7. The van der Waals surface area contributed by atoms with E-state index in [-0.39, 0.29) is 29.0 Å². The van der Waals surface area contributed by atoms with Crippen LogP contribution in [-0.2, 0) is 46.6 Å². The third-order valence-corrected chi connectivity index (χ3v) is 11.1. The summed E-state index contributed by atoms with van der Waals surface area (Å²) >= 11 is 8.10. The molecule has 3 heterocycles. The quantitative estimate of drug-likeness (QED) is 0.0427. The van der Waals surface area contributed by atoms with Crippen LogP contribution in [0.4, 0.5) is 13.2 Å². The fourth-order valence-electron chi connectivity index (χ4n) is 6.34. The van der Waals surface area contributed by atoms with Crippen molar-refractivity contribution in [2.24, 2.45) is 5.41 Å². The number of rotatable bonds is 16. The van der Waals surface area contributed by atoms with Crippen LogP contribution in [0.1, 0.15) is 76.3 Å². The Hall–Kier alpha value is -5.53. The van der Waals surface area contributed by atoms with Gasteiger partial charge in [0.25, 0.3) is 11.6 Å².